The van der Waals surface area contributed by atoms with Crippen LogP contribution >= 0.6 is 27.5 Å². The normalized spacial score (nSPS) is 10.2. The molecule has 2 aromatic rings. The number of benzene rings is 2. The van der Waals surface area contributed by atoms with Crippen molar-refractivity contribution in [3.63, 3.8) is 0 Å². The first-order valence-corrected chi connectivity index (χ1v) is 7.11. The number of halogens is 2. The molecule has 0 unspecified atom stereocenters. The van der Waals surface area contributed by atoms with Crippen LogP contribution in [0, 0.1) is 10.1 Å². The molecule has 0 bridgehead atoms. The molecule has 21 heavy (non-hydrogen) atoms. The fraction of sp³-hybridized carbons (Fsp3) is 0.0714. The highest BCUT2D eigenvalue weighted by Crippen LogP contribution is 2.23. The van der Waals surface area contributed by atoms with Gasteiger partial charge in [0.05, 0.1) is 9.95 Å². The fourth-order valence-electron chi connectivity index (χ4n) is 1.66. The minimum Gasteiger partial charge on any atom is -0.348 e. The second-order valence-corrected chi connectivity index (χ2v) is 5.50. The Morgan fingerprint density at radius 3 is 2.48 bits per heavy atom. The zero-order valence-electron chi connectivity index (χ0n) is 10.7. The lowest BCUT2D eigenvalue weighted by Crippen LogP contribution is -2.22. The molecule has 2 aromatic carbocycles. The van der Waals surface area contributed by atoms with E-state index in [1.54, 1.807) is 30.3 Å². The quantitative estimate of drug-likeness (QED) is 0.655. The Balaban J connectivity index is 2.00. The van der Waals surface area contributed by atoms with Crippen molar-refractivity contribution >= 4 is 39.1 Å². The highest BCUT2D eigenvalue weighted by atomic mass is 79.9. The lowest BCUT2D eigenvalue weighted by atomic mass is 10.2. The summed E-state index contributed by atoms with van der Waals surface area (Å²) >= 11 is 9.12. The molecule has 0 spiro atoms. The third-order valence-corrected chi connectivity index (χ3v) is 4.00. The smallest absolute Gasteiger partial charge is 0.269 e. The summed E-state index contributed by atoms with van der Waals surface area (Å²) in [6.45, 7) is 0.289. The van der Waals surface area contributed by atoms with Crippen molar-refractivity contribution in [2.45, 2.75) is 6.54 Å². The Labute approximate surface area is 134 Å². The molecule has 0 fully saturated rings. The number of nitrogens with zero attached hydrogens (tertiary/aromatic N) is 1. The zero-order valence-corrected chi connectivity index (χ0v) is 13.0. The molecule has 0 atom stereocenters. The molecule has 1 N–H and O–H groups in total. The Bertz CT molecular complexity index is 689. The summed E-state index contributed by atoms with van der Waals surface area (Å²) in [5.41, 5.74) is 1.28. The lowest BCUT2D eigenvalue weighted by molar-refractivity contribution is -0.384. The molecule has 1 amide bonds. The van der Waals surface area contributed by atoms with Gasteiger partial charge in [0.2, 0.25) is 0 Å². The number of carbonyl (C=O) groups excluding carboxylic acids is 1. The average Bonchev–Trinajstić information content (AvgIpc) is 2.48. The first-order chi connectivity index (χ1) is 9.97. The van der Waals surface area contributed by atoms with Crippen LogP contribution in [-0.4, -0.2) is 10.8 Å². The average molecular weight is 370 g/mol. The van der Waals surface area contributed by atoms with Gasteiger partial charge in [-0.3, -0.25) is 14.9 Å². The summed E-state index contributed by atoms with van der Waals surface area (Å²) in [5.74, 6) is -0.245. The molecule has 0 saturated heterocycles. The van der Waals surface area contributed by atoms with Crippen LogP contribution in [-0.2, 0) is 6.54 Å². The topological polar surface area (TPSA) is 72.2 Å². The Morgan fingerprint density at radius 1 is 1.24 bits per heavy atom. The van der Waals surface area contributed by atoms with E-state index in [1.165, 1.54) is 12.1 Å². The minimum absolute atomic E-state index is 0.0201. The molecule has 0 heterocycles. The van der Waals surface area contributed by atoms with Crippen molar-refractivity contribution in [2.75, 3.05) is 0 Å². The number of hydrogen-bond donors (Lipinski definition) is 1. The molecule has 7 heteroatoms. The summed E-state index contributed by atoms with van der Waals surface area (Å²) in [6, 6.07) is 10.9. The highest BCUT2D eigenvalue weighted by molar-refractivity contribution is 9.10. The van der Waals surface area contributed by atoms with Crippen LogP contribution in [0.3, 0.4) is 0 Å². The Morgan fingerprint density at radius 2 is 1.90 bits per heavy atom. The fourth-order valence-corrected chi connectivity index (χ4v) is 2.15. The number of nitro benzene ring substituents is 1. The van der Waals surface area contributed by atoms with E-state index in [-0.39, 0.29) is 18.1 Å². The van der Waals surface area contributed by atoms with Gasteiger partial charge >= 0.3 is 0 Å². The van der Waals surface area contributed by atoms with E-state index in [1.807, 2.05) is 0 Å². The molecule has 2 rings (SSSR count). The van der Waals surface area contributed by atoms with Crippen LogP contribution in [0.5, 0.6) is 0 Å². The molecule has 0 aliphatic rings. The molecule has 0 radical (unpaired) electrons. The van der Waals surface area contributed by atoms with Crippen LogP contribution in [0.25, 0.3) is 0 Å². The van der Waals surface area contributed by atoms with Crippen molar-refractivity contribution < 1.29 is 9.72 Å². The van der Waals surface area contributed by atoms with Gasteiger partial charge in [0, 0.05) is 28.7 Å². The first kappa shape index (κ1) is 15.5. The van der Waals surface area contributed by atoms with E-state index in [0.717, 1.165) is 5.56 Å². The van der Waals surface area contributed by atoms with Crippen molar-refractivity contribution in [3.05, 3.63) is 73.2 Å². The van der Waals surface area contributed by atoms with Gasteiger partial charge < -0.3 is 5.32 Å². The summed E-state index contributed by atoms with van der Waals surface area (Å²) < 4.78 is 0.646. The van der Waals surface area contributed by atoms with Crippen LogP contribution in [0.2, 0.25) is 5.02 Å². The largest absolute Gasteiger partial charge is 0.348 e. The van der Waals surface area contributed by atoms with E-state index in [0.29, 0.717) is 15.1 Å². The zero-order chi connectivity index (χ0) is 15.4. The second-order valence-electron chi connectivity index (χ2n) is 4.24. The van der Waals surface area contributed by atoms with E-state index in [4.69, 9.17) is 11.6 Å². The highest BCUT2D eigenvalue weighted by Gasteiger charge is 2.08. The summed E-state index contributed by atoms with van der Waals surface area (Å²) in [4.78, 5) is 22.1. The van der Waals surface area contributed by atoms with Crippen LogP contribution in [0.1, 0.15) is 15.9 Å². The minimum atomic E-state index is -0.465. The molecular formula is C14H10BrClN2O3. The maximum atomic E-state index is 12.0. The number of nitrogens with one attached hydrogen (secondary N) is 1. The third kappa shape index (κ3) is 4.03. The third-order valence-electron chi connectivity index (χ3n) is 2.78. The molecule has 0 aliphatic heterocycles. The van der Waals surface area contributed by atoms with Crippen molar-refractivity contribution in [2.24, 2.45) is 0 Å². The summed E-state index contributed by atoms with van der Waals surface area (Å²) in [5, 5.41) is 13.8. The number of carbonyl (C=O) groups is 1. The van der Waals surface area contributed by atoms with Crippen molar-refractivity contribution in [1.29, 1.82) is 0 Å². The Kier molecular flexibility index (Phi) is 4.93. The van der Waals surface area contributed by atoms with E-state index in [2.05, 4.69) is 21.2 Å². The van der Waals surface area contributed by atoms with E-state index >= 15 is 0 Å². The first-order valence-electron chi connectivity index (χ1n) is 5.94. The predicted molar refractivity (Wildman–Crippen MR) is 83.4 cm³/mol. The van der Waals surface area contributed by atoms with Gasteiger partial charge in [0.1, 0.15) is 0 Å². The van der Waals surface area contributed by atoms with Gasteiger partial charge in [0.15, 0.2) is 0 Å². The van der Waals surface area contributed by atoms with Crippen molar-refractivity contribution in [3.8, 4) is 0 Å². The number of nitro groups is 1. The van der Waals surface area contributed by atoms with Crippen LogP contribution < -0.4 is 5.32 Å². The standard InChI is InChI=1S/C14H10BrClN2O3/c15-12-7-10(3-6-13(12)16)14(19)17-8-9-1-4-11(5-2-9)18(20)21/h1-7H,8H2,(H,17,19). The number of non-ortho nitro benzene ring substituents is 1. The van der Waals surface area contributed by atoms with Gasteiger partial charge in [-0.1, -0.05) is 23.7 Å². The molecule has 0 aromatic heterocycles. The summed E-state index contributed by atoms with van der Waals surface area (Å²) in [7, 11) is 0. The Hall–Kier alpha value is -1.92. The maximum absolute atomic E-state index is 12.0. The van der Waals surface area contributed by atoms with Crippen LogP contribution in [0.4, 0.5) is 5.69 Å². The molecular weight excluding hydrogens is 360 g/mol. The van der Waals surface area contributed by atoms with Crippen molar-refractivity contribution in [1.82, 2.24) is 5.32 Å². The predicted octanol–water partition coefficient (Wildman–Crippen LogP) is 3.94. The van der Waals surface area contributed by atoms with Gasteiger partial charge in [-0.25, -0.2) is 0 Å². The molecule has 5 nitrogen and oxygen atoms in total. The van der Waals surface area contributed by atoms with Crippen LogP contribution in [0.15, 0.2) is 46.9 Å². The monoisotopic (exact) mass is 368 g/mol. The van der Waals surface area contributed by atoms with Gasteiger partial charge in [-0.15, -0.1) is 0 Å². The van der Waals surface area contributed by atoms with E-state index < -0.39 is 4.92 Å². The van der Waals surface area contributed by atoms with E-state index in [9.17, 15) is 14.9 Å². The molecule has 0 saturated carbocycles. The maximum Gasteiger partial charge on any atom is 0.269 e. The lowest BCUT2D eigenvalue weighted by Gasteiger charge is -2.06. The van der Waals surface area contributed by atoms with Gasteiger partial charge in [-0.2, -0.15) is 0 Å². The van der Waals surface area contributed by atoms with Gasteiger partial charge in [0.25, 0.3) is 11.6 Å². The number of hydrogen-bond acceptors (Lipinski definition) is 3. The summed E-state index contributed by atoms with van der Waals surface area (Å²) in [6.07, 6.45) is 0. The molecule has 108 valence electrons. The molecule has 0 aliphatic carbocycles. The second kappa shape index (κ2) is 6.69. The number of rotatable bonds is 4. The number of amides is 1. The van der Waals surface area contributed by atoms with Gasteiger partial charge in [-0.05, 0) is 39.7 Å². The SMILES string of the molecule is O=C(NCc1ccc([N+](=O)[O-])cc1)c1ccc(Cl)c(Br)c1.